The quantitative estimate of drug-likeness (QED) is 0.603. The molecule has 0 radical (unpaired) electrons. The highest BCUT2D eigenvalue weighted by atomic mass is 32.1. The van der Waals surface area contributed by atoms with E-state index in [0.717, 1.165) is 16.4 Å². The van der Waals surface area contributed by atoms with Crippen molar-refractivity contribution in [3.63, 3.8) is 0 Å². The maximum absolute atomic E-state index is 14.5. The number of phenols is 1. The van der Waals surface area contributed by atoms with Gasteiger partial charge in [-0.2, -0.15) is 0 Å². The van der Waals surface area contributed by atoms with Gasteiger partial charge in [-0.1, -0.05) is 28.8 Å². The van der Waals surface area contributed by atoms with Gasteiger partial charge in [-0.25, -0.2) is 4.39 Å². The lowest BCUT2D eigenvalue weighted by molar-refractivity contribution is -0.123. The second kappa shape index (κ2) is 9.22. The molecule has 3 rings (SSSR count). The lowest BCUT2D eigenvalue weighted by Gasteiger charge is -2.32. The van der Waals surface area contributed by atoms with E-state index in [9.17, 15) is 19.1 Å². The summed E-state index contributed by atoms with van der Waals surface area (Å²) in [6.45, 7) is 6.86. The molecule has 2 aromatic carbocycles. The fraction of sp³-hybridized carbons (Fsp3) is 0.273. The summed E-state index contributed by atoms with van der Waals surface area (Å²) in [5.41, 5.74) is 0.820. The van der Waals surface area contributed by atoms with Gasteiger partial charge in [0.1, 0.15) is 17.6 Å². The fourth-order valence-electron chi connectivity index (χ4n) is 3.14. The highest BCUT2D eigenvalue weighted by Crippen LogP contribution is 2.35. The van der Waals surface area contributed by atoms with Gasteiger partial charge in [-0.15, -0.1) is 5.10 Å². The molecular formula is C22H23FN4O3S. The topological polar surface area (TPSA) is 95.4 Å². The van der Waals surface area contributed by atoms with Crippen LogP contribution in [0.4, 0.5) is 10.1 Å². The summed E-state index contributed by atoms with van der Waals surface area (Å²) in [6, 6.07) is 9.03. The molecule has 0 spiro atoms. The Morgan fingerprint density at radius 1 is 1.16 bits per heavy atom. The third-order valence-corrected chi connectivity index (χ3v) is 5.31. The van der Waals surface area contributed by atoms with Crippen molar-refractivity contribution in [1.82, 2.24) is 14.9 Å². The molecule has 0 saturated heterocycles. The van der Waals surface area contributed by atoms with Crippen molar-refractivity contribution >= 4 is 29.0 Å². The summed E-state index contributed by atoms with van der Waals surface area (Å²) in [4.78, 5) is 28.6. The van der Waals surface area contributed by atoms with Crippen molar-refractivity contribution in [3.8, 4) is 5.75 Å². The number of para-hydroxylation sites is 1. The molecule has 0 fully saturated rings. The maximum Gasteiger partial charge on any atom is 0.281 e. The minimum Gasteiger partial charge on any atom is -0.508 e. The molecule has 1 unspecified atom stereocenters. The molecular weight excluding hydrogens is 419 g/mol. The van der Waals surface area contributed by atoms with Crippen LogP contribution in [0.1, 0.15) is 46.4 Å². The van der Waals surface area contributed by atoms with E-state index in [2.05, 4.69) is 14.9 Å². The summed E-state index contributed by atoms with van der Waals surface area (Å²) < 4.78 is 18.3. The number of carbonyl (C=O) groups excluding carboxylic acids is 2. The Morgan fingerprint density at radius 3 is 2.45 bits per heavy atom. The largest absolute Gasteiger partial charge is 0.508 e. The monoisotopic (exact) mass is 442 g/mol. The number of halogens is 1. The number of rotatable bonds is 6. The van der Waals surface area contributed by atoms with Crippen LogP contribution in [0.15, 0.2) is 42.5 Å². The Balaban J connectivity index is 2.25. The van der Waals surface area contributed by atoms with Gasteiger partial charge in [-0.3, -0.25) is 14.5 Å². The lowest BCUT2D eigenvalue weighted by Crippen LogP contribution is -2.46. The molecule has 3 aromatic rings. The van der Waals surface area contributed by atoms with Gasteiger partial charge in [0.05, 0.1) is 4.88 Å². The van der Waals surface area contributed by atoms with Crippen molar-refractivity contribution in [2.45, 2.75) is 39.8 Å². The molecule has 0 saturated carbocycles. The zero-order valence-corrected chi connectivity index (χ0v) is 18.4. The SMILES string of the molecule is Cc1ccc(N(C(=O)c2nnsc2C)C(C(=O)NC(C)C)c2ccccc2O)cc1F. The van der Waals surface area contributed by atoms with E-state index >= 15 is 0 Å². The van der Waals surface area contributed by atoms with Crippen molar-refractivity contribution in [2.24, 2.45) is 0 Å². The number of hydrogen-bond acceptors (Lipinski definition) is 6. The number of aromatic hydroxyl groups is 1. The molecule has 2 amide bonds. The van der Waals surface area contributed by atoms with E-state index in [0.29, 0.717) is 10.4 Å². The van der Waals surface area contributed by atoms with Crippen LogP contribution >= 0.6 is 11.5 Å². The molecule has 7 nitrogen and oxygen atoms in total. The third-order valence-electron chi connectivity index (χ3n) is 4.68. The van der Waals surface area contributed by atoms with Gasteiger partial charge < -0.3 is 10.4 Å². The van der Waals surface area contributed by atoms with Gasteiger partial charge in [0.15, 0.2) is 5.69 Å². The first-order valence-corrected chi connectivity index (χ1v) is 10.4. The molecule has 0 aliphatic rings. The summed E-state index contributed by atoms with van der Waals surface area (Å²) in [5.74, 6) is -1.83. The standard InChI is InChI=1S/C22H23FN4O3S/c1-12(2)24-21(29)20(16-7-5-6-8-18(16)28)27(15-10-9-13(3)17(23)11-15)22(30)19-14(4)31-26-25-19/h5-12,20,28H,1-4H3,(H,24,29). The van der Waals surface area contributed by atoms with Gasteiger partial charge in [-0.05, 0) is 63.0 Å². The van der Waals surface area contributed by atoms with E-state index in [1.807, 2.05) is 0 Å². The fourth-order valence-corrected chi connectivity index (χ4v) is 3.60. The molecule has 2 N–H and O–H groups in total. The first-order chi connectivity index (χ1) is 14.7. The Kier molecular flexibility index (Phi) is 6.65. The molecule has 1 atom stereocenters. The van der Waals surface area contributed by atoms with Crippen molar-refractivity contribution in [3.05, 3.63) is 70.0 Å². The number of nitrogens with one attached hydrogen (secondary N) is 1. The van der Waals surface area contributed by atoms with E-state index in [-0.39, 0.29) is 28.7 Å². The number of anilines is 1. The second-order valence-corrected chi connectivity index (χ2v) is 8.37. The van der Waals surface area contributed by atoms with Crippen molar-refractivity contribution < 1.29 is 19.1 Å². The van der Waals surface area contributed by atoms with Crippen LogP contribution in [0.3, 0.4) is 0 Å². The van der Waals surface area contributed by atoms with Gasteiger partial charge in [0.2, 0.25) is 5.91 Å². The van der Waals surface area contributed by atoms with Gasteiger partial charge in [0, 0.05) is 17.3 Å². The van der Waals surface area contributed by atoms with Crippen LogP contribution in [-0.2, 0) is 4.79 Å². The molecule has 0 aliphatic heterocycles. The van der Waals surface area contributed by atoms with Crippen LogP contribution in [0.2, 0.25) is 0 Å². The zero-order valence-electron chi connectivity index (χ0n) is 17.6. The average molecular weight is 443 g/mol. The molecule has 1 aromatic heterocycles. The van der Waals surface area contributed by atoms with Crippen molar-refractivity contribution in [2.75, 3.05) is 4.90 Å². The van der Waals surface area contributed by atoms with Crippen LogP contribution < -0.4 is 10.2 Å². The Bertz CT molecular complexity index is 1120. The highest BCUT2D eigenvalue weighted by Gasteiger charge is 2.37. The molecule has 9 heteroatoms. The molecule has 0 bridgehead atoms. The van der Waals surface area contributed by atoms with Crippen molar-refractivity contribution in [1.29, 1.82) is 0 Å². The Hall–Kier alpha value is -3.33. The second-order valence-electron chi connectivity index (χ2n) is 7.41. The van der Waals surface area contributed by atoms with Crippen LogP contribution in [0.25, 0.3) is 0 Å². The third kappa shape index (κ3) is 4.72. The number of aryl methyl sites for hydroxylation is 2. The number of benzene rings is 2. The Morgan fingerprint density at radius 2 is 1.87 bits per heavy atom. The number of carbonyl (C=O) groups is 2. The van der Waals surface area contributed by atoms with Crippen LogP contribution in [-0.4, -0.2) is 32.5 Å². The van der Waals surface area contributed by atoms with Crippen LogP contribution in [0, 0.1) is 19.7 Å². The summed E-state index contributed by atoms with van der Waals surface area (Å²) in [7, 11) is 0. The summed E-state index contributed by atoms with van der Waals surface area (Å²) >= 11 is 1.05. The molecule has 0 aliphatic carbocycles. The minimum atomic E-state index is -1.26. The predicted molar refractivity (Wildman–Crippen MR) is 117 cm³/mol. The van der Waals surface area contributed by atoms with E-state index in [1.54, 1.807) is 52.0 Å². The van der Waals surface area contributed by atoms with Gasteiger partial charge in [0.25, 0.3) is 5.91 Å². The zero-order chi connectivity index (χ0) is 22.7. The smallest absolute Gasteiger partial charge is 0.281 e. The lowest BCUT2D eigenvalue weighted by atomic mass is 10.0. The average Bonchev–Trinajstić information content (AvgIpc) is 3.14. The van der Waals surface area contributed by atoms with E-state index < -0.39 is 23.7 Å². The molecule has 162 valence electrons. The number of hydrogen-bond donors (Lipinski definition) is 2. The predicted octanol–water partition coefficient (Wildman–Crippen LogP) is 3.91. The number of aromatic nitrogens is 2. The number of amides is 2. The Labute approximate surface area is 183 Å². The van der Waals surface area contributed by atoms with E-state index in [1.165, 1.54) is 18.2 Å². The van der Waals surface area contributed by atoms with Crippen LogP contribution in [0.5, 0.6) is 5.75 Å². The number of nitrogens with zero attached hydrogens (tertiary/aromatic N) is 3. The first-order valence-electron chi connectivity index (χ1n) is 9.67. The normalized spacial score (nSPS) is 11.9. The number of phenolic OH excluding ortho intramolecular Hbond substituents is 1. The molecule has 1 heterocycles. The van der Waals surface area contributed by atoms with E-state index in [4.69, 9.17) is 0 Å². The molecule has 31 heavy (non-hydrogen) atoms. The highest BCUT2D eigenvalue weighted by molar-refractivity contribution is 7.05. The minimum absolute atomic E-state index is 0.0590. The summed E-state index contributed by atoms with van der Waals surface area (Å²) in [6.07, 6.45) is 0. The first kappa shape index (κ1) is 22.4. The summed E-state index contributed by atoms with van der Waals surface area (Å²) in [5, 5.41) is 17.2. The van der Waals surface area contributed by atoms with Gasteiger partial charge >= 0.3 is 0 Å². The maximum atomic E-state index is 14.5.